The fourth-order valence-electron chi connectivity index (χ4n) is 4.34. The summed E-state index contributed by atoms with van der Waals surface area (Å²) in [6.07, 6.45) is 0. The van der Waals surface area contributed by atoms with Crippen molar-refractivity contribution in [3.63, 3.8) is 0 Å². The second kappa shape index (κ2) is 9.80. The fourth-order valence-corrected chi connectivity index (χ4v) is 5.77. The van der Waals surface area contributed by atoms with Crippen molar-refractivity contribution in [2.45, 2.75) is 18.7 Å². The Morgan fingerprint density at radius 3 is 2.18 bits per heavy atom. The van der Waals surface area contributed by atoms with Crippen molar-refractivity contribution < 1.29 is 17.9 Å². The van der Waals surface area contributed by atoms with Crippen LogP contribution in [-0.2, 0) is 14.8 Å². The first-order valence-electron chi connectivity index (χ1n) is 11.3. The SMILES string of the molecule is Cc1cc(C)cc(C(=O)Nc2cc(S(=O)(=O)N3CCOCC3)ccc2N2CCN(C)CC2)c1. The molecule has 2 aromatic rings. The molecule has 0 spiro atoms. The molecule has 0 radical (unpaired) electrons. The van der Waals surface area contributed by atoms with Gasteiger partial charge in [0.2, 0.25) is 10.0 Å². The van der Waals surface area contributed by atoms with Gasteiger partial charge in [0.1, 0.15) is 0 Å². The molecule has 2 aromatic carbocycles. The number of ether oxygens (including phenoxy) is 1. The number of carbonyl (C=O) groups is 1. The predicted molar refractivity (Wildman–Crippen MR) is 130 cm³/mol. The van der Waals surface area contributed by atoms with Gasteiger partial charge in [-0.1, -0.05) is 17.2 Å². The largest absolute Gasteiger partial charge is 0.379 e. The average molecular weight is 473 g/mol. The molecule has 2 fully saturated rings. The van der Waals surface area contributed by atoms with E-state index >= 15 is 0 Å². The molecule has 8 nitrogen and oxygen atoms in total. The summed E-state index contributed by atoms with van der Waals surface area (Å²) in [5.74, 6) is -0.252. The molecule has 4 rings (SSSR count). The molecule has 2 heterocycles. The van der Waals surface area contributed by atoms with E-state index in [1.807, 2.05) is 38.1 Å². The Bertz CT molecular complexity index is 1100. The minimum atomic E-state index is -3.68. The molecule has 0 atom stereocenters. The number of morpholine rings is 1. The van der Waals surface area contributed by atoms with Gasteiger partial charge in [-0.3, -0.25) is 4.79 Å². The van der Waals surface area contributed by atoms with Crippen molar-refractivity contribution in [1.82, 2.24) is 9.21 Å². The van der Waals surface area contributed by atoms with E-state index in [0.717, 1.165) is 43.0 Å². The molecule has 0 aromatic heterocycles. The van der Waals surface area contributed by atoms with E-state index in [1.165, 1.54) is 4.31 Å². The number of nitrogens with one attached hydrogen (secondary N) is 1. The third-order valence-corrected chi connectivity index (χ3v) is 8.05. The number of amides is 1. The van der Waals surface area contributed by atoms with Crippen molar-refractivity contribution in [3.05, 3.63) is 53.1 Å². The second-order valence-corrected chi connectivity index (χ2v) is 10.8. The maximum absolute atomic E-state index is 13.3. The van der Waals surface area contributed by atoms with Crippen LogP contribution in [-0.4, -0.2) is 83.1 Å². The third-order valence-electron chi connectivity index (χ3n) is 6.15. The highest BCUT2D eigenvalue weighted by molar-refractivity contribution is 7.89. The number of hydrogen-bond donors (Lipinski definition) is 1. The fraction of sp³-hybridized carbons (Fsp3) is 0.458. The van der Waals surface area contributed by atoms with Crippen LogP contribution < -0.4 is 10.2 Å². The van der Waals surface area contributed by atoms with Crippen LogP contribution in [0.1, 0.15) is 21.5 Å². The van der Waals surface area contributed by atoms with E-state index in [9.17, 15) is 13.2 Å². The summed E-state index contributed by atoms with van der Waals surface area (Å²) in [6.45, 7) is 8.74. The predicted octanol–water partition coefficient (Wildman–Crippen LogP) is 2.33. The van der Waals surface area contributed by atoms with Gasteiger partial charge in [0.15, 0.2) is 0 Å². The highest BCUT2D eigenvalue weighted by Gasteiger charge is 2.28. The van der Waals surface area contributed by atoms with Crippen LogP contribution in [0.4, 0.5) is 11.4 Å². The van der Waals surface area contributed by atoms with Crippen molar-refractivity contribution >= 4 is 27.3 Å². The number of carbonyl (C=O) groups excluding carboxylic acids is 1. The summed E-state index contributed by atoms with van der Waals surface area (Å²) in [7, 11) is -1.60. The van der Waals surface area contributed by atoms with Gasteiger partial charge in [0.05, 0.1) is 29.5 Å². The highest BCUT2D eigenvalue weighted by Crippen LogP contribution is 2.31. The van der Waals surface area contributed by atoms with Crippen LogP contribution in [0.2, 0.25) is 0 Å². The monoisotopic (exact) mass is 472 g/mol. The van der Waals surface area contributed by atoms with Crippen LogP contribution in [0.15, 0.2) is 41.3 Å². The number of rotatable bonds is 5. The zero-order valence-corrected chi connectivity index (χ0v) is 20.3. The van der Waals surface area contributed by atoms with Gasteiger partial charge in [-0.15, -0.1) is 0 Å². The number of nitrogens with zero attached hydrogens (tertiary/aromatic N) is 3. The Morgan fingerprint density at radius 2 is 1.55 bits per heavy atom. The summed E-state index contributed by atoms with van der Waals surface area (Å²) >= 11 is 0. The van der Waals surface area contributed by atoms with Gasteiger partial charge in [-0.25, -0.2) is 8.42 Å². The number of hydrogen-bond acceptors (Lipinski definition) is 6. The minimum absolute atomic E-state index is 0.179. The Kier molecular flexibility index (Phi) is 7.04. The Morgan fingerprint density at radius 1 is 0.909 bits per heavy atom. The number of sulfonamides is 1. The van der Waals surface area contributed by atoms with Gasteiger partial charge in [0.25, 0.3) is 5.91 Å². The summed E-state index contributed by atoms with van der Waals surface area (Å²) in [6, 6.07) is 10.8. The lowest BCUT2D eigenvalue weighted by atomic mass is 10.1. The standard InChI is InChI=1S/C24H32N4O4S/c1-18-14-19(2)16-20(15-18)24(29)25-22-17-21(33(30,31)28-10-12-32-13-11-28)4-5-23(22)27-8-6-26(3)7-9-27/h4-5,14-17H,6-13H2,1-3H3,(H,25,29). The van der Waals surface area contributed by atoms with Gasteiger partial charge in [0, 0.05) is 44.8 Å². The highest BCUT2D eigenvalue weighted by atomic mass is 32.2. The molecular weight excluding hydrogens is 440 g/mol. The molecule has 0 bridgehead atoms. The van der Waals surface area contributed by atoms with Crippen LogP contribution in [0, 0.1) is 13.8 Å². The van der Waals surface area contributed by atoms with Crippen molar-refractivity contribution in [3.8, 4) is 0 Å². The molecule has 0 unspecified atom stereocenters. The molecular formula is C24H32N4O4S. The summed E-state index contributed by atoms with van der Waals surface area (Å²) in [5, 5.41) is 3.00. The van der Waals surface area contributed by atoms with Gasteiger partial charge in [-0.05, 0) is 51.2 Å². The van der Waals surface area contributed by atoms with Crippen LogP contribution >= 0.6 is 0 Å². The first-order chi connectivity index (χ1) is 15.7. The van der Waals surface area contributed by atoms with E-state index in [1.54, 1.807) is 12.1 Å². The molecule has 2 aliphatic rings. The molecule has 1 N–H and O–H groups in total. The van der Waals surface area contributed by atoms with Gasteiger partial charge < -0.3 is 19.9 Å². The Hall–Kier alpha value is -2.46. The van der Waals surface area contributed by atoms with Crippen molar-refractivity contribution in [2.75, 3.05) is 69.7 Å². The molecule has 0 aliphatic carbocycles. The number of benzene rings is 2. The van der Waals surface area contributed by atoms with Crippen LogP contribution in [0.25, 0.3) is 0 Å². The quantitative estimate of drug-likeness (QED) is 0.719. The summed E-state index contributed by atoms with van der Waals surface area (Å²) < 4.78 is 33.3. The lowest BCUT2D eigenvalue weighted by molar-refractivity contribution is 0.0730. The number of aryl methyl sites for hydroxylation is 2. The molecule has 33 heavy (non-hydrogen) atoms. The maximum atomic E-state index is 13.3. The lowest BCUT2D eigenvalue weighted by Gasteiger charge is -2.35. The van der Waals surface area contributed by atoms with E-state index in [4.69, 9.17) is 4.74 Å². The zero-order valence-electron chi connectivity index (χ0n) is 19.5. The molecule has 1 amide bonds. The number of likely N-dealkylation sites (N-methyl/N-ethyl adjacent to an activating group) is 1. The maximum Gasteiger partial charge on any atom is 0.255 e. The van der Waals surface area contributed by atoms with Crippen LogP contribution in [0.5, 0.6) is 0 Å². The number of anilines is 2. The lowest BCUT2D eigenvalue weighted by Crippen LogP contribution is -2.44. The van der Waals surface area contributed by atoms with E-state index in [0.29, 0.717) is 37.6 Å². The van der Waals surface area contributed by atoms with E-state index in [-0.39, 0.29) is 10.8 Å². The second-order valence-electron chi connectivity index (χ2n) is 8.82. The smallest absolute Gasteiger partial charge is 0.255 e. The van der Waals surface area contributed by atoms with E-state index < -0.39 is 10.0 Å². The normalized spacial score (nSPS) is 18.3. The summed E-state index contributed by atoms with van der Waals surface area (Å²) in [5.41, 5.74) is 3.91. The van der Waals surface area contributed by atoms with Gasteiger partial charge >= 0.3 is 0 Å². The third kappa shape index (κ3) is 5.38. The minimum Gasteiger partial charge on any atom is -0.379 e. The number of piperazine rings is 1. The molecule has 178 valence electrons. The first kappa shape index (κ1) is 23.7. The van der Waals surface area contributed by atoms with Crippen LogP contribution in [0.3, 0.4) is 0 Å². The van der Waals surface area contributed by atoms with E-state index in [2.05, 4.69) is 22.2 Å². The van der Waals surface area contributed by atoms with Crippen molar-refractivity contribution in [2.24, 2.45) is 0 Å². The molecule has 9 heteroatoms. The van der Waals surface area contributed by atoms with Gasteiger partial charge in [-0.2, -0.15) is 4.31 Å². The molecule has 2 aliphatic heterocycles. The Balaban J connectivity index is 1.69. The first-order valence-corrected chi connectivity index (χ1v) is 12.7. The van der Waals surface area contributed by atoms with Crippen molar-refractivity contribution in [1.29, 1.82) is 0 Å². The average Bonchev–Trinajstić information content (AvgIpc) is 2.79. The summed E-state index contributed by atoms with van der Waals surface area (Å²) in [4.78, 5) is 17.8. The topological polar surface area (TPSA) is 82.2 Å². The molecule has 0 saturated carbocycles. The zero-order chi connectivity index (χ0) is 23.6. The molecule has 2 saturated heterocycles. The Labute approximate surface area is 196 Å².